The summed E-state index contributed by atoms with van der Waals surface area (Å²) in [6.07, 6.45) is 6.19. The molecule has 2 heteroatoms. The smallest absolute Gasteiger partial charge is 0.108 e. The van der Waals surface area contributed by atoms with Gasteiger partial charge in [-0.05, 0) is 36.6 Å². The molecule has 0 saturated carbocycles. The Kier molecular flexibility index (Phi) is 6.06. The van der Waals surface area contributed by atoms with E-state index in [1.165, 1.54) is 23.1 Å². The molecule has 0 fully saturated rings. The first-order valence-electron chi connectivity index (χ1n) is 8.18. The van der Waals surface area contributed by atoms with E-state index in [4.69, 9.17) is 4.42 Å². The van der Waals surface area contributed by atoms with E-state index in [1.54, 1.807) is 0 Å². The van der Waals surface area contributed by atoms with Crippen molar-refractivity contribution in [2.45, 2.75) is 52.5 Å². The molecule has 0 bridgehead atoms. The Labute approximate surface area is 128 Å². The van der Waals surface area contributed by atoms with Crippen molar-refractivity contribution in [1.29, 1.82) is 0 Å². The molecule has 0 saturated heterocycles. The molecule has 2 rings (SSSR count). The minimum absolute atomic E-state index is 0.232. The number of benzene rings is 1. The lowest BCUT2D eigenvalue weighted by molar-refractivity contribution is 0.500. The van der Waals surface area contributed by atoms with Gasteiger partial charge in [-0.2, -0.15) is 0 Å². The van der Waals surface area contributed by atoms with E-state index >= 15 is 0 Å². The molecule has 1 atom stereocenters. The minimum atomic E-state index is 0.232. The van der Waals surface area contributed by atoms with Crippen molar-refractivity contribution in [3.8, 4) is 0 Å². The van der Waals surface area contributed by atoms with Crippen molar-refractivity contribution in [1.82, 2.24) is 5.32 Å². The highest BCUT2D eigenvalue weighted by Crippen LogP contribution is 2.27. The molecule has 2 aromatic rings. The third-order valence-corrected chi connectivity index (χ3v) is 3.83. The van der Waals surface area contributed by atoms with Gasteiger partial charge in [0, 0.05) is 12.0 Å². The largest absolute Gasteiger partial charge is 0.469 e. The van der Waals surface area contributed by atoms with Crippen LogP contribution in [0.15, 0.2) is 41.0 Å². The topological polar surface area (TPSA) is 25.2 Å². The average Bonchev–Trinajstić information content (AvgIpc) is 2.97. The van der Waals surface area contributed by atoms with Crippen LogP contribution in [0, 0.1) is 0 Å². The number of aryl methyl sites for hydroxylation is 2. The van der Waals surface area contributed by atoms with Crippen LogP contribution in [0.4, 0.5) is 0 Å². The van der Waals surface area contributed by atoms with Gasteiger partial charge >= 0.3 is 0 Å². The van der Waals surface area contributed by atoms with E-state index < -0.39 is 0 Å². The van der Waals surface area contributed by atoms with Crippen LogP contribution in [-0.2, 0) is 12.8 Å². The summed E-state index contributed by atoms with van der Waals surface area (Å²) >= 11 is 0. The highest BCUT2D eigenvalue weighted by atomic mass is 16.3. The van der Waals surface area contributed by atoms with Crippen LogP contribution in [-0.4, -0.2) is 6.54 Å². The molecule has 0 aliphatic carbocycles. The number of furan rings is 1. The highest BCUT2D eigenvalue weighted by molar-refractivity contribution is 5.35. The van der Waals surface area contributed by atoms with Gasteiger partial charge in [-0.15, -0.1) is 0 Å². The van der Waals surface area contributed by atoms with Crippen molar-refractivity contribution < 1.29 is 4.42 Å². The predicted molar refractivity (Wildman–Crippen MR) is 88.7 cm³/mol. The molecule has 1 N–H and O–H groups in total. The Hall–Kier alpha value is -1.54. The molecule has 1 aromatic heterocycles. The van der Waals surface area contributed by atoms with Crippen molar-refractivity contribution in [2.75, 3.05) is 6.54 Å². The van der Waals surface area contributed by atoms with Gasteiger partial charge in [-0.1, -0.05) is 51.5 Å². The molecule has 1 aromatic carbocycles. The number of nitrogens with one attached hydrogen (secondary N) is 1. The normalized spacial score (nSPS) is 12.5. The first-order valence-corrected chi connectivity index (χ1v) is 8.18. The van der Waals surface area contributed by atoms with Crippen LogP contribution in [0.3, 0.4) is 0 Å². The zero-order chi connectivity index (χ0) is 15.1. The highest BCUT2D eigenvalue weighted by Gasteiger charge is 2.18. The molecule has 21 heavy (non-hydrogen) atoms. The monoisotopic (exact) mass is 285 g/mol. The Balaban J connectivity index is 2.33. The second-order valence-electron chi connectivity index (χ2n) is 5.53. The van der Waals surface area contributed by atoms with Gasteiger partial charge in [0.2, 0.25) is 0 Å². The summed E-state index contributed by atoms with van der Waals surface area (Å²) < 4.78 is 5.63. The maximum absolute atomic E-state index is 5.63. The van der Waals surface area contributed by atoms with Crippen LogP contribution in [0.1, 0.15) is 62.1 Å². The molecule has 2 nitrogen and oxygen atoms in total. The summed E-state index contributed by atoms with van der Waals surface area (Å²) in [7, 11) is 0. The van der Waals surface area contributed by atoms with E-state index in [0.717, 1.165) is 31.6 Å². The molecule has 0 spiro atoms. The van der Waals surface area contributed by atoms with E-state index in [-0.39, 0.29) is 6.04 Å². The Morgan fingerprint density at radius 3 is 2.67 bits per heavy atom. The second kappa shape index (κ2) is 8.04. The van der Waals surface area contributed by atoms with E-state index in [0.29, 0.717) is 0 Å². The molecular formula is C19H27NO. The van der Waals surface area contributed by atoms with Gasteiger partial charge in [0.15, 0.2) is 0 Å². The van der Waals surface area contributed by atoms with Gasteiger partial charge in [-0.3, -0.25) is 0 Å². The predicted octanol–water partition coefficient (Wildman–Crippen LogP) is 4.88. The van der Waals surface area contributed by atoms with Crippen molar-refractivity contribution >= 4 is 0 Å². The molecule has 1 heterocycles. The maximum Gasteiger partial charge on any atom is 0.108 e. The number of hydrogen-bond acceptors (Lipinski definition) is 2. The fourth-order valence-corrected chi connectivity index (χ4v) is 2.81. The van der Waals surface area contributed by atoms with E-state index in [9.17, 15) is 0 Å². The lowest BCUT2D eigenvalue weighted by Gasteiger charge is -2.20. The minimum Gasteiger partial charge on any atom is -0.469 e. The first kappa shape index (κ1) is 15.8. The molecule has 114 valence electrons. The lowest BCUT2D eigenvalue weighted by atomic mass is 9.95. The van der Waals surface area contributed by atoms with Crippen molar-refractivity contribution in [3.63, 3.8) is 0 Å². The van der Waals surface area contributed by atoms with Gasteiger partial charge in [0.25, 0.3) is 0 Å². The molecule has 0 amide bonds. The second-order valence-corrected chi connectivity index (χ2v) is 5.53. The molecule has 0 aliphatic heterocycles. The summed E-state index contributed by atoms with van der Waals surface area (Å²) in [5.41, 5.74) is 4.03. The molecule has 1 unspecified atom stereocenters. The fraction of sp³-hybridized carbons (Fsp3) is 0.474. The zero-order valence-corrected chi connectivity index (χ0v) is 13.5. The van der Waals surface area contributed by atoms with Gasteiger partial charge in [-0.25, -0.2) is 0 Å². The Morgan fingerprint density at radius 2 is 1.95 bits per heavy atom. The molecular weight excluding hydrogens is 258 g/mol. The van der Waals surface area contributed by atoms with Gasteiger partial charge in [0.05, 0.1) is 12.3 Å². The van der Waals surface area contributed by atoms with E-state index in [2.05, 4.69) is 56.4 Å². The van der Waals surface area contributed by atoms with Gasteiger partial charge < -0.3 is 9.73 Å². The van der Waals surface area contributed by atoms with Gasteiger partial charge in [0.1, 0.15) is 5.76 Å². The molecule has 0 radical (unpaired) electrons. The number of hydrogen-bond donors (Lipinski definition) is 1. The average molecular weight is 285 g/mol. The van der Waals surface area contributed by atoms with Crippen LogP contribution in [0.5, 0.6) is 0 Å². The Bertz CT molecular complexity index is 544. The maximum atomic E-state index is 5.63. The van der Waals surface area contributed by atoms with E-state index in [1.807, 2.05) is 6.26 Å². The summed E-state index contributed by atoms with van der Waals surface area (Å²) in [5.74, 6) is 1.09. The number of rotatable bonds is 8. The van der Waals surface area contributed by atoms with Crippen LogP contribution >= 0.6 is 0 Å². The summed E-state index contributed by atoms with van der Waals surface area (Å²) in [4.78, 5) is 0. The SMILES string of the molecule is CCCNC(c1cccc(CCC)c1)c1ccoc1CC. The summed E-state index contributed by atoms with van der Waals surface area (Å²) in [5, 5.41) is 3.67. The van der Waals surface area contributed by atoms with Crippen LogP contribution in [0.25, 0.3) is 0 Å². The van der Waals surface area contributed by atoms with Crippen molar-refractivity contribution in [2.24, 2.45) is 0 Å². The quantitative estimate of drug-likeness (QED) is 0.747. The third-order valence-electron chi connectivity index (χ3n) is 3.83. The summed E-state index contributed by atoms with van der Waals surface area (Å²) in [6.45, 7) is 7.59. The van der Waals surface area contributed by atoms with Crippen LogP contribution in [0.2, 0.25) is 0 Å². The lowest BCUT2D eigenvalue weighted by Crippen LogP contribution is -2.23. The molecule has 0 aliphatic rings. The Morgan fingerprint density at radius 1 is 1.10 bits per heavy atom. The van der Waals surface area contributed by atoms with Crippen molar-refractivity contribution in [3.05, 3.63) is 59.0 Å². The fourth-order valence-electron chi connectivity index (χ4n) is 2.81. The third kappa shape index (κ3) is 3.98. The zero-order valence-electron chi connectivity index (χ0n) is 13.5. The summed E-state index contributed by atoms with van der Waals surface area (Å²) in [6, 6.07) is 11.3. The standard InChI is InChI=1S/C19H27NO/c1-4-8-15-9-7-10-16(14-15)19(20-12-5-2)17-11-13-21-18(17)6-3/h7,9-11,13-14,19-20H,4-6,8,12H2,1-3H3. The first-order chi connectivity index (χ1) is 10.3. The van der Waals surface area contributed by atoms with Crippen LogP contribution < -0.4 is 5.32 Å².